The van der Waals surface area contributed by atoms with Gasteiger partial charge in [0.15, 0.2) is 6.10 Å². The zero-order valence-corrected chi connectivity index (χ0v) is 67.3. The van der Waals surface area contributed by atoms with E-state index in [0.29, 0.717) is 6.42 Å². The van der Waals surface area contributed by atoms with Crippen molar-refractivity contribution in [3.05, 3.63) is 109 Å². The van der Waals surface area contributed by atoms with Crippen LogP contribution in [0.1, 0.15) is 425 Å². The van der Waals surface area contributed by atoms with Crippen LogP contribution in [0.25, 0.3) is 0 Å². The summed E-state index contributed by atoms with van der Waals surface area (Å²) in [6.45, 7) is 3.69. The van der Waals surface area contributed by atoms with Crippen LogP contribution >= 0.6 is 7.82 Å². The summed E-state index contributed by atoms with van der Waals surface area (Å²) in [5.41, 5.74) is 5.42. The van der Waals surface area contributed by atoms with Crippen LogP contribution < -0.4 is 5.73 Å². The van der Waals surface area contributed by atoms with Gasteiger partial charge in [0.1, 0.15) is 6.61 Å². The summed E-state index contributed by atoms with van der Waals surface area (Å²) in [6, 6.07) is 0. The largest absolute Gasteiger partial charge is 0.472 e. The molecular weight excluding hydrogens is 1270 g/mol. The second-order valence-corrected chi connectivity index (χ2v) is 30.5. The van der Waals surface area contributed by atoms with E-state index in [2.05, 4.69) is 123 Å². The molecule has 0 heterocycles. The molecule has 2 atom stereocenters. The van der Waals surface area contributed by atoms with E-state index in [9.17, 15) is 19.0 Å². The van der Waals surface area contributed by atoms with E-state index in [4.69, 9.17) is 24.3 Å². The lowest BCUT2D eigenvalue weighted by Crippen LogP contribution is -2.29. The van der Waals surface area contributed by atoms with Crippen LogP contribution in [0.3, 0.4) is 0 Å². The van der Waals surface area contributed by atoms with Gasteiger partial charge >= 0.3 is 19.8 Å². The number of phosphoric ester groups is 1. The van der Waals surface area contributed by atoms with Gasteiger partial charge in [0.2, 0.25) is 0 Å². The summed E-state index contributed by atoms with van der Waals surface area (Å²) >= 11 is 0. The Morgan fingerprint density at radius 2 is 0.545 bits per heavy atom. The summed E-state index contributed by atoms with van der Waals surface area (Å²) in [7, 11) is -4.40. The first-order chi connectivity index (χ1) is 49.8. The number of esters is 2. The van der Waals surface area contributed by atoms with Crippen molar-refractivity contribution in [2.75, 3.05) is 26.4 Å². The molecule has 0 aliphatic rings. The zero-order valence-electron chi connectivity index (χ0n) is 66.4. The Bertz CT molecular complexity index is 2040. The lowest BCUT2D eigenvalue weighted by molar-refractivity contribution is -0.161. The van der Waals surface area contributed by atoms with E-state index in [1.807, 2.05) is 0 Å². The van der Waals surface area contributed by atoms with Gasteiger partial charge in [-0.2, -0.15) is 0 Å². The molecule has 0 bridgehead atoms. The standard InChI is InChI=1S/C91H164NO8P/c1-3-5-7-9-11-13-15-17-19-21-23-25-27-29-31-33-35-37-39-41-43-44-46-47-49-51-53-55-57-59-61-63-65-67-69-71-73-75-77-79-81-83-90(93)97-87-89(88-99-101(95,96)98-86-85-92)100-91(94)84-82-80-78-76-74-72-70-68-66-64-62-60-58-56-54-52-50-48-45-42-40-38-36-34-32-30-28-26-24-22-20-18-16-14-12-10-8-6-4-2/h6,8,12,14,18,20,24,26,30,32,36,38,42,45,50,52,56,58,89H,3-5,7,9-11,13,15-17,19,21-23,25,27-29,31,33-35,37,39-41,43-44,46-49,51,53-55,57,59-88,92H2,1-2H3,(H,95,96)/b8-6-,14-12-,20-18-,26-24-,32-30-,38-36-,45-42-,52-50-,58-56-. The van der Waals surface area contributed by atoms with Crippen molar-refractivity contribution >= 4 is 19.8 Å². The number of carbonyl (C=O) groups excluding carboxylic acids is 2. The lowest BCUT2D eigenvalue weighted by Gasteiger charge is -2.19. The van der Waals surface area contributed by atoms with E-state index >= 15 is 0 Å². The predicted octanol–water partition coefficient (Wildman–Crippen LogP) is 29.5. The van der Waals surface area contributed by atoms with Crippen LogP contribution in [0.5, 0.6) is 0 Å². The molecule has 0 aliphatic heterocycles. The topological polar surface area (TPSA) is 134 Å². The summed E-state index contributed by atoms with van der Waals surface area (Å²) in [5.74, 6) is -0.817. The molecule has 3 N–H and O–H groups in total. The van der Waals surface area contributed by atoms with Gasteiger partial charge in [-0.25, -0.2) is 4.57 Å². The van der Waals surface area contributed by atoms with Gasteiger partial charge in [-0.1, -0.05) is 438 Å². The Morgan fingerprint density at radius 1 is 0.307 bits per heavy atom. The maximum Gasteiger partial charge on any atom is 0.472 e. The average molecular weight is 1430 g/mol. The second-order valence-electron chi connectivity index (χ2n) is 29.0. The number of ether oxygens (including phenoxy) is 2. The summed E-state index contributed by atoms with van der Waals surface area (Å²) in [5, 5.41) is 0. The van der Waals surface area contributed by atoms with Gasteiger partial charge in [-0.3, -0.25) is 18.6 Å². The fourth-order valence-corrected chi connectivity index (χ4v) is 13.6. The van der Waals surface area contributed by atoms with Crippen molar-refractivity contribution in [3.63, 3.8) is 0 Å². The number of hydrogen-bond acceptors (Lipinski definition) is 8. The van der Waals surface area contributed by atoms with E-state index in [1.54, 1.807) is 0 Å². The highest BCUT2D eigenvalue weighted by molar-refractivity contribution is 7.47. The van der Waals surface area contributed by atoms with Crippen molar-refractivity contribution in [3.8, 4) is 0 Å². The number of allylic oxidation sites excluding steroid dienone is 18. The minimum absolute atomic E-state index is 0.0507. The minimum atomic E-state index is -4.40. The SMILES string of the molecule is CC/C=C\C/C=C\C/C=C\C/C=C\C/C=C\C/C=C\C/C=C\C/C=C\C/C=C\CCCCCCCCCCCCCC(=O)OC(COC(=O)CCCCCCCCCCCCCCCCCCCCCCCCCCCCCCCCCCCCCCCCCCC)COP(=O)(O)OCCN. The summed E-state index contributed by atoms with van der Waals surface area (Å²) < 4.78 is 33.3. The Morgan fingerprint density at radius 3 is 0.812 bits per heavy atom. The summed E-state index contributed by atoms with van der Waals surface area (Å²) in [4.78, 5) is 35.5. The van der Waals surface area contributed by atoms with E-state index in [-0.39, 0.29) is 38.6 Å². The van der Waals surface area contributed by atoms with Crippen molar-refractivity contribution in [1.82, 2.24) is 0 Å². The molecule has 0 spiro atoms. The molecule has 586 valence electrons. The van der Waals surface area contributed by atoms with Crippen molar-refractivity contribution < 1.29 is 37.6 Å². The monoisotopic (exact) mass is 1430 g/mol. The molecule has 0 amide bonds. The highest BCUT2D eigenvalue weighted by atomic mass is 31.2. The molecule has 0 fully saturated rings. The van der Waals surface area contributed by atoms with Crippen molar-refractivity contribution in [2.24, 2.45) is 5.73 Å². The van der Waals surface area contributed by atoms with Crippen LogP contribution in [-0.2, 0) is 32.7 Å². The van der Waals surface area contributed by atoms with Crippen LogP contribution in [0.2, 0.25) is 0 Å². The molecule has 0 saturated carbocycles. The third-order valence-corrected chi connectivity index (χ3v) is 20.2. The molecule has 0 saturated heterocycles. The van der Waals surface area contributed by atoms with Gasteiger partial charge in [-0.15, -0.1) is 0 Å². The first-order valence-electron chi connectivity index (χ1n) is 43.4. The second kappa shape index (κ2) is 85.6. The molecule has 0 aromatic carbocycles. The summed E-state index contributed by atoms with van der Waals surface area (Å²) in [6.07, 6.45) is 120. The molecule has 101 heavy (non-hydrogen) atoms. The molecule has 0 radical (unpaired) electrons. The fourth-order valence-electron chi connectivity index (χ4n) is 12.8. The quantitative estimate of drug-likeness (QED) is 0.0264. The number of carbonyl (C=O) groups is 2. The zero-order chi connectivity index (χ0) is 72.9. The molecule has 0 aromatic rings. The third-order valence-electron chi connectivity index (χ3n) is 19.2. The first-order valence-corrected chi connectivity index (χ1v) is 44.9. The van der Waals surface area contributed by atoms with Gasteiger partial charge < -0.3 is 20.1 Å². The first kappa shape index (κ1) is 97.7. The van der Waals surface area contributed by atoms with Crippen LogP contribution in [-0.4, -0.2) is 49.3 Å². The highest BCUT2D eigenvalue weighted by Gasteiger charge is 2.26. The molecule has 9 nitrogen and oxygen atoms in total. The Balaban J connectivity index is 3.78. The lowest BCUT2D eigenvalue weighted by atomic mass is 10.0. The average Bonchev–Trinajstić information content (AvgIpc) is 1.01. The number of nitrogens with two attached hydrogens (primary N) is 1. The molecule has 0 aromatic heterocycles. The minimum Gasteiger partial charge on any atom is -0.462 e. The van der Waals surface area contributed by atoms with E-state index < -0.39 is 26.5 Å². The number of phosphoric acid groups is 1. The smallest absolute Gasteiger partial charge is 0.462 e. The van der Waals surface area contributed by atoms with E-state index in [1.165, 1.54) is 289 Å². The molecule has 2 unspecified atom stereocenters. The van der Waals surface area contributed by atoms with E-state index in [0.717, 1.165) is 103 Å². The normalized spacial score (nSPS) is 13.3. The van der Waals surface area contributed by atoms with Crippen molar-refractivity contribution in [2.45, 2.75) is 431 Å². The molecule has 0 aliphatic carbocycles. The Kier molecular flexibility index (Phi) is 82.8. The molecule has 10 heteroatoms. The van der Waals surface area contributed by atoms with Crippen LogP contribution in [0.15, 0.2) is 109 Å². The maximum absolute atomic E-state index is 12.8. The molecule has 0 rings (SSSR count). The maximum atomic E-state index is 12.8. The highest BCUT2D eigenvalue weighted by Crippen LogP contribution is 2.43. The number of rotatable bonds is 82. The van der Waals surface area contributed by atoms with Crippen LogP contribution in [0, 0.1) is 0 Å². The van der Waals surface area contributed by atoms with Gasteiger partial charge in [0.25, 0.3) is 0 Å². The molecular formula is C91H164NO8P. The number of hydrogen-bond donors (Lipinski definition) is 2. The van der Waals surface area contributed by atoms with Gasteiger partial charge in [-0.05, 0) is 83.5 Å². The fraction of sp³-hybridized carbons (Fsp3) is 0.780. The third kappa shape index (κ3) is 85.5. The van der Waals surface area contributed by atoms with Crippen molar-refractivity contribution in [1.29, 1.82) is 0 Å². The predicted molar refractivity (Wildman–Crippen MR) is 441 cm³/mol. The van der Waals surface area contributed by atoms with Gasteiger partial charge in [0, 0.05) is 19.4 Å². The van der Waals surface area contributed by atoms with Gasteiger partial charge in [0.05, 0.1) is 13.2 Å². The number of unbranched alkanes of at least 4 members (excludes halogenated alkanes) is 51. The Labute approximate surface area is 626 Å². The van der Waals surface area contributed by atoms with Crippen LogP contribution in [0.4, 0.5) is 0 Å². The Hall–Kier alpha value is -3.33.